The molecule has 0 unspecified atom stereocenters. The van der Waals surface area contributed by atoms with Gasteiger partial charge in [0.1, 0.15) is 5.75 Å². The van der Waals surface area contributed by atoms with Crippen LogP contribution in [0.25, 0.3) is 6.08 Å². The quantitative estimate of drug-likeness (QED) is 0.295. The van der Waals surface area contributed by atoms with Crippen LogP contribution >= 0.6 is 11.3 Å². The number of esters is 1. The zero-order valence-electron chi connectivity index (χ0n) is 27.3. The van der Waals surface area contributed by atoms with Gasteiger partial charge < -0.3 is 9.84 Å². The van der Waals surface area contributed by atoms with Gasteiger partial charge in [-0.25, -0.2) is 9.79 Å². The lowest BCUT2D eigenvalue weighted by atomic mass is 9.78. The third kappa shape index (κ3) is 6.57. The molecule has 0 aliphatic carbocycles. The number of nitrogens with zero attached hydrogens (tertiary/aromatic N) is 2. The van der Waals surface area contributed by atoms with Crippen molar-refractivity contribution >= 4 is 23.4 Å². The fourth-order valence-electron chi connectivity index (χ4n) is 5.53. The molecule has 4 rings (SSSR count). The van der Waals surface area contributed by atoms with E-state index in [-0.39, 0.29) is 23.0 Å². The molecular formula is C36H46N2O4S. The second-order valence-electron chi connectivity index (χ2n) is 13.7. The van der Waals surface area contributed by atoms with E-state index in [9.17, 15) is 14.7 Å². The Hall–Kier alpha value is -3.45. The number of phenolic OH excluding ortho intramolecular Hbond substituents is 1. The van der Waals surface area contributed by atoms with E-state index in [0.29, 0.717) is 38.7 Å². The normalized spacial score (nSPS) is 16.0. The molecule has 2 heterocycles. The fraction of sp³-hybridized carbons (Fsp3) is 0.472. The Morgan fingerprint density at radius 3 is 2.12 bits per heavy atom. The van der Waals surface area contributed by atoms with Crippen LogP contribution in [0.15, 0.2) is 57.5 Å². The number of ether oxygens (including phenoxy) is 1. The third-order valence-electron chi connectivity index (χ3n) is 7.86. The number of benzene rings is 2. The van der Waals surface area contributed by atoms with E-state index in [1.165, 1.54) is 16.9 Å². The van der Waals surface area contributed by atoms with Gasteiger partial charge in [-0.3, -0.25) is 9.36 Å². The number of allylic oxidation sites excluding steroid dienone is 1. The number of fused-ring (bicyclic) bond motifs is 1. The summed E-state index contributed by atoms with van der Waals surface area (Å²) in [6.45, 7) is 20.8. The van der Waals surface area contributed by atoms with Crippen LogP contribution < -0.4 is 14.9 Å². The number of carbonyl (C=O) groups excluding carboxylic acids is 1. The molecule has 2 aromatic carbocycles. The van der Waals surface area contributed by atoms with E-state index in [1.807, 2.05) is 30.3 Å². The molecule has 7 heteroatoms. The van der Waals surface area contributed by atoms with E-state index in [0.717, 1.165) is 28.7 Å². The lowest BCUT2D eigenvalue weighted by Gasteiger charge is -2.27. The van der Waals surface area contributed by atoms with Crippen LogP contribution in [0.4, 0.5) is 0 Å². The molecule has 0 saturated heterocycles. The molecule has 0 radical (unpaired) electrons. The molecule has 0 bridgehead atoms. The lowest BCUT2D eigenvalue weighted by molar-refractivity contribution is -0.139. The topological polar surface area (TPSA) is 80.9 Å². The summed E-state index contributed by atoms with van der Waals surface area (Å²) in [6.07, 6.45) is 3.29. The van der Waals surface area contributed by atoms with Crippen molar-refractivity contribution in [2.75, 3.05) is 6.61 Å². The molecule has 0 saturated carbocycles. The highest BCUT2D eigenvalue weighted by atomic mass is 32.1. The van der Waals surface area contributed by atoms with E-state index >= 15 is 0 Å². The summed E-state index contributed by atoms with van der Waals surface area (Å²) < 4.78 is 7.71. The first-order valence-corrected chi connectivity index (χ1v) is 16.1. The van der Waals surface area contributed by atoms with Crippen LogP contribution in [0.1, 0.15) is 122 Å². The second kappa shape index (κ2) is 12.3. The molecule has 1 aliphatic heterocycles. The van der Waals surface area contributed by atoms with Gasteiger partial charge >= 0.3 is 5.97 Å². The van der Waals surface area contributed by atoms with E-state index in [1.54, 1.807) is 11.5 Å². The van der Waals surface area contributed by atoms with Crippen molar-refractivity contribution in [3.05, 3.63) is 95.2 Å². The van der Waals surface area contributed by atoms with Crippen LogP contribution in [-0.2, 0) is 20.4 Å². The molecule has 1 N–H and O–H groups in total. The Kier molecular flexibility index (Phi) is 9.27. The molecule has 0 spiro atoms. The van der Waals surface area contributed by atoms with Gasteiger partial charge in [0.05, 0.1) is 28.5 Å². The molecule has 0 amide bonds. The Bertz CT molecular complexity index is 1690. The fourth-order valence-corrected chi connectivity index (χ4v) is 6.55. The maximum atomic E-state index is 14.3. The van der Waals surface area contributed by atoms with Crippen molar-refractivity contribution in [3.63, 3.8) is 0 Å². The predicted molar refractivity (Wildman–Crippen MR) is 176 cm³/mol. The largest absolute Gasteiger partial charge is 0.507 e. The smallest absolute Gasteiger partial charge is 0.338 e. The SMILES string of the molecule is CCCC1=C(C(=O)OCC)[C@H](c2ccc(C(C)C)cc2)n2c(s/c(=C/c3cc(C(C)(C)C)c(O)c(C(C)(C)C)c3)c2=O)=N1. The molecule has 230 valence electrons. The maximum absolute atomic E-state index is 14.3. The van der Waals surface area contributed by atoms with E-state index in [2.05, 4.69) is 74.4 Å². The van der Waals surface area contributed by atoms with Gasteiger partial charge in [0.15, 0.2) is 4.80 Å². The third-order valence-corrected chi connectivity index (χ3v) is 8.84. The van der Waals surface area contributed by atoms with Crippen molar-refractivity contribution in [2.45, 2.75) is 105 Å². The summed E-state index contributed by atoms with van der Waals surface area (Å²) in [5.74, 6) is 0.213. The lowest BCUT2D eigenvalue weighted by Crippen LogP contribution is -2.40. The Labute approximate surface area is 259 Å². The van der Waals surface area contributed by atoms with E-state index < -0.39 is 12.0 Å². The van der Waals surface area contributed by atoms with E-state index in [4.69, 9.17) is 9.73 Å². The molecule has 1 aliphatic rings. The molecule has 3 aromatic rings. The van der Waals surface area contributed by atoms with Gasteiger partial charge in [-0.05, 0) is 65.0 Å². The molecule has 0 fully saturated rings. The van der Waals surface area contributed by atoms with Crippen molar-refractivity contribution < 1.29 is 14.6 Å². The van der Waals surface area contributed by atoms with Crippen molar-refractivity contribution in [2.24, 2.45) is 4.99 Å². The van der Waals surface area contributed by atoms with Crippen LogP contribution in [0.3, 0.4) is 0 Å². The standard InChI is InChI=1S/C36H46N2O4S/c1-11-13-27-29(33(41)42-12-2)30(24-16-14-23(15-17-24)21(3)4)38-32(40)28(43-34(38)37-27)20-22-18-25(35(5,6)7)31(39)26(19-22)36(8,9)10/h14-21,30,39H,11-13H2,1-10H3/b28-20+/t30-/m0/s1. The van der Waals surface area contributed by atoms with Crippen molar-refractivity contribution in [1.82, 2.24) is 4.57 Å². The summed E-state index contributed by atoms with van der Waals surface area (Å²) in [4.78, 5) is 33.2. The average Bonchev–Trinajstić information content (AvgIpc) is 3.22. The predicted octanol–water partition coefficient (Wildman–Crippen LogP) is 7.00. The van der Waals surface area contributed by atoms with Gasteiger partial charge in [0.2, 0.25) is 0 Å². The molecule has 1 atom stereocenters. The van der Waals surface area contributed by atoms with Gasteiger partial charge in [0.25, 0.3) is 5.56 Å². The number of hydrogen-bond acceptors (Lipinski definition) is 6. The number of phenols is 1. The van der Waals surface area contributed by atoms with Crippen LogP contribution in [-0.4, -0.2) is 22.2 Å². The number of rotatable bonds is 7. The van der Waals surface area contributed by atoms with Crippen LogP contribution in [0.2, 0.25) is 0 Å². The molecule has 1 aromatic heterocycles. The molecule has 6 nitrogen and oxygen atoms in total. The summed E-state index contributed by atoms with van der Waals surface area (Å²) in [5, 5.41) is 11.2. The first kappa shape index (κ1) is 32.5. The van der Waals surface area contributed by atoms with Crippen molar-refractivity contribution in [1.29, 1.82) is 0 Å². The Morgan fingerprint density at radius 2 is 1.63 bits per heavy atom. The highest BCUT2D eigenvalue weighted by molar-refractivity contribution is 7.07. The Morgan fingerprint density at radius 1 is 1.05 bits per heavy atom. The van der Waals surface area contributed by atoms with Gasteiger partial charge in [-0.1, -0.05) is 104 Å². The summed E-state index contributed by atoms with van der Waals surface area (Å²) in [6, 6.07) is 11.4. The van der Waals surface area contributed by atoms with Gasteiger partial charge in [0, 0.05) is 11.1 Å². The second-order valence-corrected chi connectivity index (χ2v) is 14.7. The summed E-state index contributed by atoms with van der Waals surface area (Å²) in [7, 11) is 0. The van der Waals surface area contributed by atoms with Crippen molar-refractivity contribution in [3.8, 4) is 5.75 Å². The average molecular weight is 603 g/mol. The van der Waals surface area contributed by atoms with Crippen LogP contribution in [0, 0.1) is 0 Å². The Balaban J connectivity index is 2.02. The zero-order chi connectivity index (χ0) is 31.9. The maximum Gasteiger partial charge on any atom is 0.338 e. The monoisotopic (exact) mass is 602 g/mol. The molecular weight excluding hydrogens is 556 g/mol. The number of aromatic hydroxyl groups is 1. The minimum atomic E-state index is -0.643. The van der Waals surface area contributed by atoms with Gasteiger partial charge in [-0.2, -0.15) is 0 Å². The minimum absolute atomic E-state index is 0.207. The minimum Gasteiger partial charge on any atom is -0.507 e. The number of carbonyl (C=O) groups is 1. The number of aromatic nitrogens is 1. The first-order chi connectivity index (χ1) is 20.1. The summed E-state index contributed by atoms with van der Waals surface area (Å²) in [5.41, 5.74) is 4.82. The highest BCUT2D eigenvalue weighted by Gasteiger charge is 2.34. The van der Waals surface area contributed by atoms with Gasteiger partial charge in [-0.15, -0.1) is 0 Å². The highest BCUT2D eigenvalue weighted by Crippen LogP contribution is 2.40. The number of thiazole rings is 1. The summed E-state index contributed by atoms with van der Waals surface area (Å²) >= 11 is 1.33. The zero-order valence-corrected chi connectivity index (χ0v) is 28.1. The van der Waals surface area contributed by atoms with Crippen LogP contribution in [0.5, 0.6) is 5.75 Å². The molecule has 43 heavy (non-hydrogen) atoms. The first-order valence-electron chi connectivity index (χ1n) is 15.3. The number of hydrogen-bond donors (Lipinski definition) is 1.